The SMILES string of the molecule is CC(C)[C@H](N)C(=O)NCC(=O)NCCC(=O)Nc1ccc(Br)cc1.Cl. The van der Waals surface area contributed by atoms with Gasteiger partial charge < -0.3 is 21.7 Å². The molecular weight excluding hydrogens is 412 g/mol. The van der Waals surface area contributed by atoms with Crippen LogP contribution in [0.2, 0.25) is 0 Å². The van der Waals surface area contributed by atoms with Crippen molar-refractivity contribution >= 4 is 51.7 Å². The Balaban J connectivity index is 0.00000576. The van der Waals surface area contributed by atoms with Crippen molar-refractivity contribution in [2.24, 2.45) is 11.7 Å². The third-order valence-electron chi connectivity index (χ3n) is 3.25. The molecule has 0 aliphatic heterocycles. The topological polar surface area (TPSA) is 113 Å². The summed E-state index contributed by atoms with van der Waals surface area (Å²) < 4.78 is 0.923. The van der Waals surface area contributed by atoms with Crippen LogP contribution in [0, 0.1) is 5.92 Å². The molecule has 1 aromatic rings. The maximum atomic E-state index is 11.7. The molecule has 0 aliphatic rings. The molecule has 5 N–H and O–H groups in total. The van der Waals surface area contributed by atoms with E-state index in [0.717, 1.165) is 4.47 Å². The van der Waals surface area contributed by atoms with Gasteiger partial charge in [0, 0.05) is 23.1 Å². The van der Waals surface area contributed by atoms with Gasteiger partial charge in [-0.2, -0.15) is 0 Å². The lowest BCUT2D eigenvalue weighted by molar-refractivity contribution is -0.127. The Hall–Kier alpha value is -1.64. The monoisotopic (exact) mass is 434 g/mol. The normalized spacial score (nSPS) is 11.2. The summed E-state index contributed by atoms with van der Waals surface area (Å²) in [6, 6.07) is 6.54. The maximum Gasteiger partial charge on any atom is 0.239 e. The molecule has 9 heteroatoms. The highest BCUT2D eigenvalue weighted by molar-refractivity contribution is 9.10. The summed E-state index contributed by atoms with van der Waals surface area (Å²) in [6.07, 6.45) is 0.140. The number of nitrogens with one attached hydrogen (secondary N) is 3. The van der Waals surface area contributed by atoms with Gasteiger partial charge in [0.2, 0.25) is 17.7 Å². The maximum absolute atomic E-state index is 11.7. The Morgan fingerprint density at radius 1 is 1.08 bits per heavy atom. The summed E-state index contributed by atoms with van der Waals surface area (Å²) in [7, 11) is 0. The third-order valence-corrected chi connectivity index (χ3v) is 3.78. The van der Waals surface area contributed by atoms with Crippen molar-refractivity contribution in [3.05, 3.63) is 28.7 Å². The second kappa shape index (κ2) is 11.8. The van der Waals surface area contributed by atoms with Crippen molar-refractivity contribution in [2.75, 3.05) is 18.4 Å². The van der Waals surface area contributed by atoms with E-state index in [9.17, 15) is 14.4 Å². The summed E-state index contributed by atoms with van der Waals surface area (Å²) in [5.41, 5.74) is 6.35. The average molecular weight is 436 g/mol. The zero-order valence-corrected chi connectivity index (χ0v) is 16.6. The van der Waals surface area contributed by atoms with E-state index in [-0.39, 0.29) is 55.6 Å². The Bertz CT molecular complexity index is 581. The van der Waals surface area contributed by atoms with E-state index in [1.807, 2.05) is 26.0 Å². The summed E-state index contributed by atoms with van der Waals surface area (Å²) >= 11 is 3.31. The van der Waals surface area contributed by atoms with Crippen LogP contribution in [0.25, 0.3) is 0 Å². The first-order valence-electron chi connectivity index (χ1n) is 7.65. The molecular formula is C16H24BrClN4O3. The number of rotatable bonds is 8. The minimum atomic E-state index is -0.644. The molecule has 140 valence electrons. The molecule has 0 saturated heterocycles. The zero-order chi connectivity index (χ0) is 18.1. The van der Waals surface area contributed by atoms with Crippen molar-refractivity contribution in [3.63, 3.8) is 0 Å². The second-order valence-corrected chi connectivity index (χ2v) is 6.56. The quantitative estimate of drug-likeness (QED) is 0.494. The summed E-state index contributed by atoms with van der Waals surface area (Å²) in [5.74, 6) is -0.942. The Labute approximate surface area is 162 Å². The third kappa shape index (κ3) is 9.42. The van der Waals surface area contributed by atoms with Crippen molar-refractivity contribution in [1.82, 2.24) is 10.6 Å². The summed E-state index contributed by atoms with van der Waals surface area (Å²) in [5, 5.41) is 7.76. The lowest BCUT2D eigenvalue weighted by atomic mass is 10.1. The number of hydrogen-bond donors (Lipinski definition) is 4. The molecule has 1 rings (SSSR count). The van der Waals surface area contributed by atoms with E-state index >= 15 is 0 Å². The Morgan fingerprint density at radius 2 is 1.68 bits per heavy atom. The van der Waals surface area contributed by atoms with Crippen LogP contribution in [0.5, 0.6) is 0 Å². The Kier molecular flexibility index (Phi) is 11.1. The van der Waals surface area contributed by atoms with Gasteiger partial charge >= 0.3 is 0 Å². The van der Waals surface area contributed by atoms with Crippen LogP contribution in [-0.2, 0) is 14.4 Å². The van der Waals surface area contributed by atoms with E-state index in [0.29, 0.717) is 5.69 Å². The fraction of sp³-hybridized carbons (Fsp3) is 0.438. The number of amides is 3. The first kappa shape index (κ1) is 23.4. The molecule has 0 unspecified atom stereocenters. The van der Waals surface area contributed by atoms with Gasteiger partial charge in [-0.15, -0.1) is 12.4 Å². The van der Waals surface area contributed by atoms with E-state index in [2.05, 4.69) is 31.9 Å². The van der Waals surface area contributed by atoms with E-state index in [1.165, 1.54) is 0 Å². The molecule has 0 aliphatic carbocycles. The largest absolute Gasteiger partial charge is 0.354 e. The van der Waals surface area contributed by atoms with Gasteiger partial charge in [-0.05, 0) is 30.2 Å². The predicted octanol–water partition coefficient (Wildman–Crippen LogP) is 1.42. The zero-order valence-electron chi connectivity index (χ0n) is 14.2. The number of hydrogen-bond acceptors (Lipinski definition) is 4. The van der Waals surface area contributed by atoms with Gasteiger partial charge in [-0.3, -0.25) is 14.4 Å². The summed E-state index contributed by atoms with van der Waals surface area (Å²) in [6.45, 7) is 3.68. The van der Waals surface area contributed by atoms with Gasteiger partial charge in [0.25, 0.3) is 0 Å². The fourth-order valence-corrected chi connectivity index (χ4v) is 1.99. The highest BCUT2D eigenvalue weighted by Gasteiger charge is 2.17. The summed E-state index contributed by atoms with van der Waals surface area (Å²) in [4.78, 5) is 35.0. The molecule has 0 bridgehead atoms. The molecule has 0 radical (unpaired) electrons. The molecule has 25 heavy (non-hydrogen) atoms. The van der Waals surface area contributed by atoms with Crippen LogP contribution in [0.1, 0.15) is 20.3 Å². The van der Waals surface area contributed by atoms with Crippen molar-refractivity contribution in [3.8, 4) is 0 Å². The lowest BCUT2D eigenvalue weighted by Gasteiger charge is -2.15. The molecule has 0 saturated carbocycles. The molecule has 1 atom stereocenters. The fourth-order valence-electron chi connectivity index (χ4n) is 1.72. The van der Waals surface area contributed by atoms with Gasteiger partial charge in [0.1, 0.15) is 0 Å². The minimum Gasteiger partial charge on any atom is -0.354 e. The second-order valence-electron chi connectivity index (χ2n) is 5.64. The minimum absolute atomic E-state index is 0. The van der Waals surface area contributed by atoms with Crippen molar-refractivity contribution < 1.29 is 14.4 Å². The molecule has 7 nitrogen and oxygen atoms in total. The van der Waals surface area contributed by atoms with Gasteiger partial charge in [0.15, 0.2) is 0 Å². The highest BCUT2D eigenvalue weighted by atomic mass is 79.9. The van der Waals surface area contributed by atoms with Crippen molar-refractivity contribution in [1.29, 1.82) is 0 Å². The van der Waals surface area contributed by atoms with Gasteiger partial charge in [-0.25, -0.2) is 0 Å². The Morgan fingerprint density at radius 3 is 2.24 bits per heavy atom. The number of benzene rings is 1. The van der Waals surface area contributed by atoms with Crippen LogP contribution < -0.4 is 21.7 Å². The van der Waals surface area contributed by atoms with Crippen LogP contribution in [0.4, 0.5) is 5.69 Å². The van der Waals surface area contributed by atoms with Gasteiger partial charge in [0.05, 0.1) is 12.6 Å². The molecule has 0 spiro atoms. The van der Waals surface area contributed by atoms with E-state index in [4.69, 9.17) is 5.73 Å². The van der Waals surface area contributed by atoms with Crippen LogP contribution in [0.15, 0.2) is 28.7 Å². The number of carbonyl (C=O) groups is 3. The average Bonchev–Trinajstić information content (AvgIpc) is 2.53. The van der Waals surface area contributed by atoms with E-state index < -0.39 is 6.04 Å². The molecule has 1 aromatic carbocycles. The van der Waals surface area contributed by atoms with Gasteiger partial charge in [-0.1, -0.05) is 29.8 Å². The highest BCUT2D eigenvalue weighted by Crippen LogP contribution is 2.14. The number of anilines is 1. The van der Waals surface area contributed by atoms with Crippen LogP contribution in [-0.4, -0.2) is 36.9 Å². The number of nitrogens with two attached hydrogens (primary N) is 1. The lowest BCUT2D eigenvalue weighted by Crippen LogP contribution is -2.47. The van der Waals surface area contributed by atoms with E-state index in [1.54, 1.807) is 12.1 Å². The molecule has 3 amide bonds. The molecule has 0 aromatic heterocycles. The van der Waals surface area contributed by atoms with Crippen molar-refractivity contribution in [2.45, 2.75) is 26.3 Å². The molecule has 0 fully saturated rings. The van der Waals surface area contributed by atoms with Crippen LogP contribution >= 0.6 is 28.3 Å². The smallest absolute Gasteiger partial charge is 0.239 e. The predicted molar refractivity (Wildman–Crippen MR) is 103 cm³/mol. The number of carbonyl (C=O) groups excluding carboxylic acids is 3. The first-order valence-corrected chi connectivity index (χ1v) is 8.44. The molecule has 0 heterocycles. The standard InChI is InChI=1S/C16H23BrN4O3.ClH/c1-10(2)15(18)16(24)20-9-14(23)19-8-7-13(22)21-12-5-3-11(17)4-6-12;/h3-6,10,15H,7-9,18H2,1-2H3,(H,19,23)(H,20,24)(H,21,22);1H/t15-;/m0./s1. The first-order chi connectivity index (χ1) is 11.3. The number of halogens is 2. The van der Waals surface area contributed by atoms with Crippen LogP contribution in [0.3, 0.4) is 0 Å².